The van der Waals surface area contributed by atoms with E-state index in [1.165, 1.54) is 6.07 Å². The van der Waals surface area contributed by atoms with Crippen LogP contribution in [0.5, 0.6) is 0 Å². The van der Waals surface area contributed by atoms with Crippen molar-refractivity contribution in [1.29, 1.82) is 0 Å². The Hall–Kier alpha value is -0.650. The molecule has 1 atom stereocenters. The van der Waals surface area contributed by atoms with Gasteiger partial charge in [0.05, 0.1) is 10.7 Å². The van der Waals surface area contributed by atoms with Crippen molar-refractivity contribution in [3.63, 3.8) is 0 Å². The van der Waals surface area contributed by atoms with E-state index in [0.29, 0.717) is 29.0 Å². The number of nitrogens with one attached hydrogen (secondary N) is 1. The largest absolute Gasteiger partial charge is 0.330 e. The molecule has 1 rings (SSSR count). The number of hydrogen-bond donors (Lipinski definition) is 2. The first kappa shape index (κ1) is 17.4. The van der Waals surface area contributed by atoms with Gasteiger partial charge in [-0.25, -0.2) is 4.39 Å². The molecule has 0 saturated heterocycles. The van der Waals surface area contributed by atoms with E-state index >= 15 is 0 Å². The number of halogens is 3. The molecule has 112 valence electrons. The van der Waals surface area contributed by atoms with E-state index in [-0.39, 0.29) is 16.8 Å². The second-order valence-electron chi connectivity index (χ2n) is 5.23. The van der Waals surface area contributed by atoms with Gasteiger partial charge in [-0.1, -0.05) is 25.4 Å². The molecule has 0 bridgehead atoms. The predicted molar refractivity (Wildman–Crippen MR) is 84.4 cm³/mol. The predicted octanol–water partition coefficient (Wildman–Crippen LogP) is 4.19. The fourth-order valence-corrected chi connectivity index (χ4v) is 2.94. The van der Waals surface area contributed by atoms with Crippen LogP contribution in [-0.4, -0.2) is 12.5 Å². The van der Waals surface area contributed by atoms with Gasteiger partial charge >= 0.3 is 0 Å². The first-order valence-corrected chi connectivity index (χ1v) is 7.65. The maximum Gasteiger partial charge on any atom is 0.224 e. The molecule has 0 spiro atoms. The van der Waals surface area contributed by atoms with Gasteiger partial charge in [-0.3, -0.25) is 4.79 Å². The van der Waals surface area contributed by atoms with Crippen molar-refractivity contribution in [2.24, 2.45) is 17.6 Å². The van der Waals surface area contributed by atoms with Gasteiger partial charge in [0.25, 0.3) is 0 Å². The Bertz CT molecular complexity index is 459. The van der Waals surface area contributed by atoms with Crippen LogP contribution in [0.2, 0.25) is 5.02 Å². The zero-order valence-electron chi connectivity index (χ0n) is 11.6. The van der Waals surface area contributed by atoms with Crippen molar-refractivity contribution >= 4 is 39.1 Å². The Morgan fingerprint density at radius 2 is 2.15 bits per heavy atom. The van der Waals surface area contributed by atoms with E-state index in [1.807, 2.05) is 0 Å². The van der Waals surface area contributed by atoms with Gasteiger partial charge in [0, 0.05) is 10.9 Å². The van der Waals surface area contributed by atoms with Gasteiger partial charge in [-0.05, 0) is 52.9 Å². The van der Waals surface area contributed by atoms with Crippen LogP contribution in [0.4, 0.5) is 10.1 Å². The first-order valence-electron chi connectivity index (χ1n) is 6.48. The van der Waals surface area contributed by atoms with Crippen LogP contribution in [0.15, 0.2) is 16.6 Å². The summed E-state index contributed by atoms with van der Waals surface area (Å²) < 4.78 is 13.5. The first-order chi connectivity index (χ1) is 9.33. The fourth-order valence-electron chi connectivity index (χ4n) is 2.04. The van der Waals surface area contributed by atoms with Gasteiger partial charge in [0.15, 0.2) is 0 Å². The normalized spacial score (nSPS) is 12.6. The summed E-state index contributed by atoms with van der Waals surface area (Å²) in [5, 5.41) is 2.87. The molecule has 0 radical (unpaired) electrons. The smallest absolute Gasteiger partial charge is 0.224 e. The van der Waals surface area contributed by atoms with Gasteiger partial charge in [0.2, 0.25) is 5.91 Å². The summed E-state index contributed by atoms with van der Waals surface area (Å²) >= 11 is 9.11. The lowest BCUT2D eigenvalue weighted by molar-refractivity contribution is -0.117. The van der Waals surface area contributed by atoms with Gasteiger partial charge < -0.3 is 11.1 Å². The van der Waals surface area contributed by atoms with E-state index in [4.69, 9.17) is 17.3 Å². The summed E-state index contributed by atoms with van der Waals surface area (Å²) in [5.74, 6) is -0.0136. The minimum atomic E-state index is -0.459. The zero-order valence-corrected chi connectivity index (χ0v) is 13.9. The van der Waals surface area contributed by atoms with Gasteiger partial charge in [-0.2, -0.15) is 0 Å². The van der Waals surface area contributed by atoms with E-state index in [9.17, 15) is 9.18 Å². The van der Waals surface area contributed by atoms with Crippen LogP contribution in [0.25, 0.3) is 0 Å². The number of rotatable bonds is 6. The van der Waals surface area contributed by atoms with E-state index in [1.54, 1.807) is 0 Å². The highest BCUT2D eigenvalue weighted by Gasteiger charge is 2.16. The fraction of sp³-hybridized carbons (Fsp3) is 0.500. The summed E-state index contributed by atoms with van der Waals surface area (Å²) in [6, 6.07) is 2.42. The lowest BCUT2D eigenvalue weighted by Gasteiger charge is -2.17. The minimum Gasteiger partial charge on any atom is -0.330 e. The number of hydrogen-bond acceptors (Lipinski definition) is 2. The number of anilines is 1. The number of amides is 1. The molecule has 0 saturated carbocycles. The molecule has 0 heterocycles. The molecule has 6 heteroatoms. The maximum absolute atomic E-state index is 13.1. The highest BCUT2D eigenvalue weighted by atomic mass is 79.9. The lowest BCUT2D eigenvalue weighted by Crippen LogP contribution is -2.23. The standard InChI is InChI=1S/C14H19BrClFN2O/c1-8(2)3-9(7-18)4-13(20)19-14-11(15)5-10(17)6-12(14)16/h5-6,8-9H,3-4,7,18H2,1-2H3,(H,19,20). The number of carbonyl (C=O) groups excluding carboxylic acids is 1. The third-order valence-corrected chi connectivity index (χ3v) is 3.81. The quantitative estimate of drug-likeness (QED) is 0.794. The molecule has 1 amide bonds. The Balaban J connectivity index is 2.71. The highest BCUT2D eigenvalue weighted by molar-refractivity contribution is 9.10. The molecule has 1 aromatic rings. The van der Waals surface area contributed by atoms with Crippen LogP contribution in [0.3, 0.4) is 0 Å². The van der Waals surface area contributed by atoms with Crippen LogP contribution >= 0.6 is 27.5 Å². The van der Waals surface area contributed by atoms with Crippen molar-refractivity contribution in [3.05, 3.63) is 27.4 Å². The molecular weight excluding hydrogens is 347 g/mol. The molecule has 3 N–H and O–H groups in total. The van der Waals surface area contributed by atoms with E-state index in [0.717, 1.165) is 12.5 Å². The topological polar surface area (TPSA) is 55.1 Å². The molecule has 1 aromatic carbocycles. The molecule has 3 nitrogen and oxygen atoms in total. The minimum absolute atomic E-state index is 0.132. The Morgan fingerprint density at radius 1 is 1.50 bits per heavy atom. The van der Waals surface area contributed by atoms with Crippen molar-refractivity contribution in [1.82, 2.24) is 0 Å². The average molecular weight is 366 g/mol. The Labute approximate surface area is 132 Å². The van der Waals surface area contributed by atoms with Crippen molar-refractivity contribution in [3.8, 4) is 0 Å². The molecule has 0 aromatic heterocycles. The van der Waals surface area contributed by atoms with Gasteiger partial charge in [-0.15, -0.1) is 0 Å². The summed E-state index contributed by atoms with van der Waals surface area (Å²) in [6.07, 6.45) is 1.22. The van der Waals surface area contributed by atoms with E-state index in [2.05, 4.69) is 35.1 Å². The summed E-state index contributed by atoms with van der Waals surface area (Å²) in [5.41, 5.74) is 6.06. The average Bonchev–Trinajstić information content (AvgIpc) is 2.32. The Kier molecular flexibility index (Phi) is 6.92. The molecule has 0 aliphatic heterocycles. The summed E-state index contributed by atoms with van der Waals surface area (Å²) in [6.45, 7) is 4.64. The van der Waals surface area contributed by atoms with Crippen LogP contribution in [0.1, 0.15) is 26.7 Å². The summed E-state index contributed by atoms with van der Waals surface area (Å²) in [4.78, 5) is 12.0. The maximum atomic E-state index is 13.1. The van der Waals surface area contributed by atoms with Crippen molar-refractivity contribution in [2.45, 2.75) is 26.7 Å². The zero-order chi connectivity index (χ0) is 15.3. The molecule has 0 aliphatic rings. The van der Waals surface area contributed by atoms with Crippen LogP contribution in [0, 0.1) is 17.7 Å². The molecule has 20 heavy (non-hydrogen) atoms. The molecule has 1 unspecified atom stereocenters. The monoisotopic (exact) mass is 364 g/mol. The third kappa shape index (κ3) is 5.38. The van der Waals surface area contributed by atoms with Crippen molar-refractivity contribution in [2.75, 3.05) is 11.9 Å². The SMILES string of the molecule is CC(C)CC(CN)CC(=O)Nc1c(Cl)cc(F)cc1Br. The second-order valence-corrected chi connectivity index (χ2v) is 6.49. The highest BCUT2D eigenvalue weighted by Crippen LogP contribution is 2.32. The number of nitrogens with two attached hydrogens (primary N) is 1. The van der Waals surface area contributed by atoms with Crippen LogP contribution in [-0.2, 0) is 4.79 Å². The van der Waals surface area contributed by atoms with E-state index < -0.39 is 5.82 Å². The van der Waals surface area contributed by atoms with Gasteiger partial charge in [0.1, 0.15) is 5.82 Å². The Morgan fingerprint density at radius 3 is 2.65 bits per heavy atom. The lowest BCUT2D eigenvalue weighted by atomic mass is 9.94. The third-order valence-electron chi connectivity index (χ3n) is 2.88. The molecule has 0 fully saturated rings. The van der Waals surface area contributed by atoms with Crippen molar-refractivity contribution < 1.29 is 9.18 Å². The molecular formula is C14H19BrClFN2O. The second kappa shape index (κ2) is 7.96. The van der Waals surface area contributed by atoms with Crippen LogP contribution < -0.4 is 11.1 Å². The number of benzene rings is 1. The summed E-state index contributed by atoms with van der Waals surface area (Å²) in [7, 11) is 0. The number of carbonyl (C=O) groups is 1. The molecule has 0 aliphatic carbocycles.